The summed E-state index contributed by atoms with van der Waals surface area (Å²) in [5.74, 6) is -1.27. The third kappa shape index (κ3) is 10.2. The summed E-state index contributed by atoms with van der Waals surface area (Å²) in [5.41, 5.74) is 15.7. The van der Waals surface area contributed by atoms with Gasteiger partial charge < -0.3 is 35.0 Å². The van der Waals surface area contributed by atoms with Crippen molar-refractivity contribution in [2.75, 3.05) is 63.3 Å². The summed E-state index contributed by atoms with van der Waals surface area (Å²) >= 11 is 2.70. The highest BCUT2D eigenvalue weighted by Crippen LogP contribution is 2.34. The molecule has 6 aromatic rings. The molecule has 4 aromatic heterocycles. The molecule has 2 aromatic carbocycles. The van der Waals surface area contributed by atoms with E-state index in [0.29, 0.717) is 102 Å². The van der Waals surface area contributed by atoms with Crippen molar-refractivity contribution in [3.8, 4) is 5.75 Å². The molecule has 1 fully saturated rings. The summed E-state index contributed by atoms with van der Waals surface area (Å²) in [7, 11) is 1.37. The quantitative estimate of drug-likeness (QED) is 0.0500. The van der Waals surface area contributed by atoms with E-state index >= 15 is 0 Å². The number of piperazine rings is 1. The van der Waals surface area contributed by atoms with E-state index in [-0.39, 0.29) is 54.7 Å². The number of hydrogen-bond acceptors (Lipinski definition) is 14. The number of carbonyl (C=O) groups excluding carboxylic acids is 5. The third-order valence-electron chi connectivity index (χ3n) is 11.1. The normalized spacial score (nSPS) is 13.2. The van der Waals surface area contributed by atoms with Crippen LogP contribution in [0.25, 0.3) is 22.1 Å². The fourth-order valence-corrected chi connectivity index (χ4v) is 9.41. The van der Waals surface area contributed by atoms with E-state index in [9.17, 15) is 24.0 Å². The van der Waals surface area contributed by atoms with Gasteiger partial charge in [-0.2, -0.15) is 5.10 Å². The number of allylic oxidation sites excluding steroid dienone is 2. The van der Waals surface area contributed by atoms with Gasteiger partial charge >= 0.3 is 6.09 Å². The minimum atomic E-state index is -0.671. The number of imidazole rings is 2. The van der Waals surface area contributed by atoms with Crippen molar-refractivity contribution in [2.45, 2.75) is 65.1 Å². The minimum Gasteiger partial charge on any atom is -0.491 e. The van der Waals surface area contributed by atoms with Crippen LogP contribution < -0.4 is 26.8 Å². The zero-order chi connectivity index (χ0) is 47.2. The number of primary amides is 2. The van der Waals surface area contributed by atoms with Crippen molar-refractivity contribution in [1.29, 1.82) is 0 Å². The van der Waals surface area contributed by atoms with Crippen molar-refractivity contribution in [1.82, 2.24) is 43.7 Å². The monoisotopic (exact) mass is 939 g/mol. The first-order chi connectivity index (χ1) is 31.7. The summed E-state index contributed by atoms with van der Waals surface area (Å²) in [6.07, 6.45) is 6.51. The topological polar surface area (TPSA) is 253 Å². The van der Waals surface area contributed by atoms with Gasteiger partial charge in [0.2, 0.25) is 23.7 Å². The average molecular weight is 940 g/mol. The van der Waals surface area contributed by atoms with Gasteiger partial charge in [-0.05, 0) is 70.2 Å². The predicted molar refractivity (Wildman–Crippen MR) is 253 cm³/mol. The molecule has 0 radical (unpaired) electrons. The number of nitrogens with one attached hydrogen (secondary N) is 2. The highest BCUT2D eigenvalue weighted by atomic mass is 32.2. The number of hydrogen-bond donors (Lipinski definition) is 4. The van der Waals surface area contributed by atoms with Crippen LogP contribution in [-0.4, -0.2) is 126 Å². The van der Waals surface area contributed by atoms with Gasteiger partial charge in [0.15, 0.2) is 0 Å². The van der Waals surface area contributed by atoms with E-state index in [1.54, 1.807) is 44.5 Å². The number of benzene rings is 2. The van der Waals surface area contributed by atoms with E-state index in [1.165, 1.54) is 30.2 Å². The van der Waals surface area contributed by atoms with Crippen LogP contribution in [0.1, 0.15) is 77.5 Å². The Morgan fingerprint density at radius 3 is 2.06 bits per heavy atom. The second kappa shape index (κ2) is 20.6. The molecule has 1 saturated heterocycles. The van der Waals surface area contributed by atoms with E-state index in [2.05, 4.69) is 25.6 Å². The van der Waals surface area contributed by atoms with Gasteiger partial charge in [-0.1, -0.05) is 19.1 Å². The Bertz CT molecular complexity index is 2850. The molecular formula is C44H53N13O7S2. The van der Waals surface area contributed by atoms with E-state index in [0.717, 1.165) is 9.90 Å². The summed E-state index contributed by atoms with van der Waals surface area (Å²) in [6.45, 7) is 11.9. The van der Waals surface area contributed by atoms with Crippen LogP contribution in [0.5, 0.6) is 5.75 Å². The molecule has 0 unspecified atom stereocenters. The molecule has 66 heavy (non-hydrogen) atoms. The molecule has 7 rings (SSSR count). The largest absolute Gasteiger partial charge is 0.491 e. The van der Waals surface area contributed by atoms with Gasteiger partial charge in [-0.25, -0.2) is 19.7 Å². The molecule has 5 heterocycles. The number of aromatic nitrogens is 7. The maximum Gasteiger partial charge on any atom is 0.409 e. The van der Waals surface area contributed by atoms with Crippen LogP contribution in [0.2, 0.25) is 0 Å². The van der Waals surface area contributed by atoms with Crippen LogP contribution in [0.15, 0.2) is 47.4 Å². The maximum atomic E-state index is 13.9. The lowest BCUT2D eigenvalue weighted by atomic mass is 10.1. The standard InChI is InChI=1S/C44H53N13O7S2/c1-7-29-37(66-26(4)47-29)41(61)51-43-48-30-21-27(38(45)58)23-33(64-19-11-12-53-15-17-54(18-16-53)44(62)63-5)35(30)55(43)13-9-10-14-56-36-31(22-28(39(46)59)24-34(36)65-6)49-42(56)50-40(60)32-20-25(3)52-57(32)8-2/h9-10,20-24H,7-8,11-19H2,1-6H3,(H2,45,58)(H2,46,59)(H,48,51,61)(H,49,50,60)/b10-9+. The number of anilines is 2. The first-order valence-electron chi connectivity index (χ1n) is 21.4. The number of thioether (sulfide) groups is 1. The number of thiazole rings is 1. The molecule has 0 spiro atoms. The number of nitrogens with two attached hydrogens (primary N) is 2. The molecule has 5 amide bonds. The first kappa shape index (κ1) is 47.2. The lowest BCUT2D eigenvalue weighted by molar-refractivity contribution is 0.0891. The minimum absolute atomic E-state index is 0.176. The van der Waals surface area contributed by atoms with Gasteiger partial charge in [0.05, 0.1) is 46.7 Å². The van der Waals surface area contributed by atoms with Crippen molar-refractivity contribution in [2.24, 2.45) is 11.5 Å². The van der Waals surface area contributed by atoms with Crippen molar-refractivity contribution < 1.29 is 33.4 Å². The summed E-state index contributed by atoms with van der Waals surface area (Å²) < 4.78 is 16.5. The lowest BCUT2D eigenvalue weighted by Gasteiger charge is -2.33. The number of carbonyl (C=O) groups is 5. The fraction of sp³-hybridized carbons (Fsp3) is 0.386. The number of ether oxygens (including phenoxy) is 2. The predicted octanol–water partition coefficient (Wildman–Crippen LogP) is 5.07. The summed E-state index contributed by atoms with van der Waals surface area (Å²) in [6, 6.07) is 8.15. The molecule has 348 valence electrons. The van der Waals surface area contributed by atoms with Crippen LogP contribution in [-0.2, 0) is 30.8 Å². The molecule has 0 saturated carbocycles. The third-order valence-corrected chi connectivity index (χ3v) is 12.8. The van der Waals surface area contributed by atoms with E-state index in [1.807, 2.05) is 50.7 Å². The number of fused-ring (bicyclic) bond motifs is 2. The number of nitrogens with zero attached hydrogens (tertiary/aromatic N) is 9. The van der Waals surface area contributed by atoms with Crippen molar-refractivity contribution in [3.05, 3.63) is 80.6 Å². The number of methoxy groups -OCH3 is 1. The second-order valence-corrected chi connectivity index (χ2v) is 17.5. The Hall–Kier alpha value is -6.78. The molecule has 6 N–H and O–H groups in total. The van der Waals surface area contributed by atoms with Crippen LogP contribution in [0, 0.1) is 13.8 Å². The molecule has 0 atom stereocenters. The van der Waals surface area contributed by atoms with E-state index in [4.69, 9.17) is 30.9 Å². The van der Waals surface area contributed by atoms with Crippen molar-refractivity contribution >= 4 is 86.8 Å². The molecule has 22 heteroatoms. The van der Waals surface area contributed by atoms with Crippen molar-refractivity contribution in [3.63, 3.8) is 0 Å². The molecule has 1 aliphatic heterocycles. The second-order valence-electron chi connectivity index (χ2n) is 15.4. The SMILES string of the molecule is CCc1nc(C)sc1C(=O)Nc1nc2cc(C(N)=O)cc(OCCCN3CCN(C(=O)OC)CC3)c2n1C/C=C/Cn1c(NC(=O)c2cc(C)nn2CC)nc2cc(C(N)=O)cc(SC)c21. The van der Waals surface area contributed by atoms with Gasteiger partial charge in [-0.15, -0.1) is 23.1 Å². The van der Waals surface area contributed by atoms with Crippen LogP contribution in [0.3, 0.4) is 0 Å². The Morgan fingerprint density at radius 2 is 1.45 bits per heavy atom. The maximum absolute atomic E-state index is 13.9. The number of amides is 5. The van der Waals surface area contributed by atoms with Gasteiger partial charge in [0.1, 0.15) is 21.8 Å². The number of aryl methyl sites for hydroxylation is 4. The van der Waals surface area contributed by atoms with Gasteiger partial charge in [0.25, 0.3) is 11.8 Å². The summed E-state index contributed by atoms with van der Waals surface area (Å²) in [5, 5.41) is 11.1. The molecule has 20 nitrogen and oxygen atoms in total. The highest BCUT2D eigenvalue weighted by Gasteiger charge is 2.25. The summed E-state index contributed by atoms with van der Waals surface area (Å²) in [4.78, 5) is 83.8. The van der Waals surface area contributed by atoms with E-state index < -0.39 is 17.7 Å². The average Bonchev–Trinajstić information content (AvgIpc) is 4.07. The highest BCUT2D eigenvalue weighted by molar-refractivity contribution is 7.98. The first-order valence-corrected chi connectivity index (χ1v) is 23.5. The molecule has 0 bridgehead atoms. The zero-order valence-electron chi connectivity index (χ0n) is 37.7. The Labute approximate surface area is 388 Å². The van der Waals surface area contributed by atoms with Gasteiger partial charge in [-0.3, -0.25) is 39.4 Å². The number of rotatable bonds is 18. The zero-order valence-corrected chi connectivity index (χ0v) is 39.3. The molecule has 0 aliphatic carbocycles. The van der Waals surface area contributed by atoms with Crippen LogP contribution in [0.4, 0.5) is 16.7 Å². The van der Waals surface area contributed by atoms with Gasteiger partial charge in [0, 0.05) is 68.4 Å². The Kier molecular flexibility index (Phi) is 14.7. The Morgan fingerprint density at radius 1 is 0.833 bits per heavy atom. The smallest absolute Gasteiger partial charge is 0.409 e. The Balaban J connectivity index is 1.22. The van der Waals surface area contributed by atoms with Crippen LogP contribution >= 0.6 is 23.1 Å². The molecule has 1 aliphatic rings. The fourth-order valence-electron chi connectivity index (χ4n) is 7.85. The molecular weight excluding hydrogens is 887 g/mol. The lowest BCUT2D eigenvalue weighted by Crippen LogP contribution is -2.48.